The van der Waals surface area contributed by atoms with Crippen LogP contribution in [-0.2, 0) is 0 Å². The molecule has 0 aliphatic carbocycles. The highest BCUT2D eigenvalue weighted by atomic mass is 19.1. The third kappa shape index (κ3) is 2.94. The van der Waals surface area contributed by atoms with Gasteiger partial charge in [0.05, 0.1) is 11.3 Å². The van der Waals surface area contributed by atoms with Gasteiger partial charge in [0.2, 0.25) is 0 Å². The molecule has 1 aromatic carbocycles. The highest BCUT2D eigenvalue weighted by Gasteiger charge is 2.15. The molecule has 1 aromatic rings. The molecule has 1 aliphatic heterocycles. The van der Waals surface area contributed by atoms with E-state index >= 15 is 0 Å². The molecule has 1 aliphatic rings. The Hall–Kier alpha value is -1.62. The van der Waals surface area contributed by atoms with Gasteiger partial charge in [0.15, 0.2) is 0 Å². The predicted molar refractivity (Wildman–Crippen MR) is 62.9 cm³/mol. The molecule has 1 heterocycles. The summed E-state index contributed by atoms with van der Waals surface area (Å²) in [6, 6.07) is 3.94. The molecule has 1 unspecified atom stereocenters. The molecule has 4 nitrogen and oxygen atoms in total. The lowest BCUT2D eigenvalue weighted by Crippen LogP contribution is -2.38. The van der Waals surface area contributed by atoms with Crippen molar-refractivity contribution in [3.63, 3.8) is 0 Å². The average molecular weight is 238 g/mol. The SMILES string of the molecule is O=C(O)c1ccc(F)c(NC2CCCNC2)c1. The molecule has 0 amide bonds. The third-order valence-corrected chi connectivity index (χ3v) is 2.87. The van der Waals surface area contributed by atoms with Gasteiger partial charge in [0.1, 0.15) is 5.82 Å². The number of piperidine rings is 1. The zero-order chi connectivity index (χ0) is 12.3. The monoisotopic (exact) mass is 238 g/mol. The fourth-order valence-corrected chi connectivity index (χ4v) is 1.96. The highest BCUT2D eigenvalue weighted by molar-refractivity contribution is 5.88. The van der Waals surface area contributed by atoms with Crippen molar-refractivity contribution in [3.8, 4) is 0 Å². The molecule has 0 spiro atoms. The minimum absolute atomic E-state index is 0.0951. The second kappa shape index (κ2) is 5.14. The van der Waals surface area contributed by atoms with Crippen molar-refractivity contribution in [2.45, 2.75) is 18.9 Å². The number of carboxylic acids is 1. The molecule has 5 heteroatoms. The zero-order valence-electron chi connectivity index (χ0n) is 9.37. The third-order valence-electron chi connectivity index (χ3n) is 2.87. The number of carbonyl (C=O) groups is 1. The van der Waals surface area contributed by atoms with Crippen molar-refractivity contribution < 1.29 is 14.3 Å². The Morgan fingerprint density at radius 2 is 2.35 bits per heavy atom. The van der Waals surface area contributed by atoms with Gasteiger partial charge in [0.25, 0.3) is 0 Å². The Labute approximate surface area is 98.8 Å². The first-order valence-corrected chi connectivity index (χ1v) is 5.67. The van der Waals surface area contributed by atoms with Crippen LogP contribution in [0.15, 0.2) is 18.2 Å². The lowest BCUT2D eigenvalue weighted by Gasteiger charge is -2.25. The minimum Gasteiger partial charge on any atom is -0.478 e. The average Bonchev–Trinajstić information content (AvgIpc) is 2.33. The maximum atomic E-state index is 13.5. The smallest absolute Gasteiger partial charge is 0.335 e. The summed E-state index contributed by atoms with van der Waals surface area (Å²) in [5, 5.41) is 15.1. The second-order valence-electron chi connectivity index (χ2n) is 4.19. The molecule has 92 valence electrons. The van der Waals surface area contributed by atoms with Gasteiger partial charge in [-0.15, -0.1) is 0 Å². The summed E-state index contributed by atoms with van der Waals surface area (Å²) in [5.74, 6) is -1.46. The molecule has 17 heavy (non-hydrogen) atoms. The molecule has 0 radical (unpaired) electrons. The lowest BCUT2D eigenvalue weighted by molar-refractivity contribution is 0.0697. The van der Waals surface area contributed by atoms with Crippen LogP contribution in [0, 0.1) is 5.82 Å². The van der Waals surface area contributed by atoms with Crippen LogP contribution in [0.25, 0.3) is 0 Å². The molecular weight excluding hydrogens is 223 g/mol. The molecule has 0 aromatic heterocycles. The zero-order valence-corrected chi connectivity index (χ0v) is 9.37. The van der Waals surface area contributed by atoms with E-state index in [2.05, 4.69) is 10.6 Å². The van der Waals surface area contributed by atoms with E-state index in [1.54, 1.807) is 0 Å². The van der Waals surface area contributed by atoms with E-state index < -0.39 is 11.8 Å². The van der Waals surface area contributed by atoms with E-state index in [0.29, 0.717) is 0 Å². The standard InChI is InChI=1S/C12H15FN2O2/c13-10-4-3-8(12(16)17)6-11(10)15-9-2-1-5-14-7-9/h3-4,6,9,14-15H,1-2,5,7H2,(H,16,17). The van der Waals surface area contributed by atoms with Gasteiger partial charge >= 0.3 is 5.97 Å². The fraction of sp³-hybridized carbons (Fsp3) is 0.417. The maximum absolute atomic E-state index is 13.5. The van der Waals surface area contributed by atoms with Crippen LogP contribution in [0.4, 0.5) is 10.1 Å². The van der Waals surface area contributed by atoms with E-state index in [0.717, 1.165) is 25.9 Å². The van der Waals surface area contributed by atoms with E-state index in [1.165, 1.54) is 18.2 Å². The van der Waals surface area contributed by atoms with Crippen molar-refractivity contribution >= 4 is 11.7 Å². The van der Waals surface area contributed by atoms with Gasteiger partial charge in [0, 0.05) is 12.6 Å². The number of nitrogens with one attached hydrogen (secondary N) is 2. The Balaban J connectivity index is 2.13. The Kier molecular flexibility index (Phi) is 3.58. The van der Waals surface area contributed by atoms with Crippen LogP contribution in [0.1, 0.15) is 23.2 Å². The fourth-order valence-electron chi connectivity index (χ4n) is 1.96. The summed E-state index contributed by atoms with van der Waals surface area (Å²) >= 11 is 0. The van der Waals surface area contributed by atoms with Crippen LogP contribution in [0.5, 0.6) is 0 Å². The summed E-state index contributed by atoms with van der Waals surface area (Å²) in [5.41, 5.74) is 0.358. The first-order valence-electron chi connectivity index (χ1n) is 5.67. The minimum atomic E-state index is -1.05. The molecule has 2 rings (SSSR count). The van der Waals surface area contributed by atoms with Gasteiger partial charge in [-0.1, -0.05) is 0 Å². The first-order chi connectivity index (χ1) is 8.16. The van der Waals surface area contributed by atoms with Crippen molar-refractivity contribution in [3.05, 3.63) is 29.6 Å². The van der Waals surface area contributed by atoms with Gasteiger partial charge in [-0.3, -0.25) is 0 Å². The number of hydrogen-bond donors (Lipinski definition) is 3. The topological polar surface area (TPSA) is 61.4 Å². The Morgan fingerprint density at radius 3 is 3.00 bits per heavy atom. The van der Waals surface area contributed by atoms with Gasteiger partial charge in [-0.05, 0) is 37.6 Å². The van der Waals surface area contributed by atoms with Crippen LogP contribution in [0.3, 0.4) is 0 Å². The van der Waals surface area contributed by atoms with Crippen LogP contribution >= 0.6 is 0 Å². The number of rotatable bonds is 3. The summed E-state index contributed by atoms with van der Waals surface area (Å²) in [6.45, 7) is 1.76. The van der Waals surface area contributed by atoms with Crippen molar-refractivity contribution in [1.29, 1.82) is 0 Å². The molecule has 0 saturated carbocycles. The number of benzene rings is 1. The lowest BCUT2D eigenvalue weighted by atomic mass is 10.1. The van der Waals surface area contributed by atoms with Gasteiger partial charge in [-0.2, -0.15) is 0 Å². The van der Waals surface area contributed by atoms with E-state index in [1.807, 2.05) is 0 Å². The summed E-state index contributed by atoms with van der Waals surface area (Å²) < 4.78 is 13.5. The van der Waals surface area contributed by atoms with Crippen LogP contribution in [0.2, 0.25) is 0 Å². The van der Waals surface area contributed by atoms with E-state index in [9.17, 15) is 9.18 Å². The predicted octanol–water partition coefficient (Wildman–Crippen LogP) is 1.69. The number of halogens is 1. The normalized spacial score (nSPS) is 19.9. The molecule has 1 atom stereocenters. The molecule has 1 fully saturated rings. The molecule has 0 bridgehead atoms. The summed E-state index contributed by atoms with van der Waals surface area (Å²) in [6.07, 6.45) is 2.00. The van der Waals surface area contributed by atoms with E-state index in [-0.39, 0.29) is 17.3 Å². The number of hydrogen-bond acceptors (Lipinski definition) is 3. The number of aromatic carboxylic acids is 1. The van der Waals surface area contributed by atoms with Gasteiger partial charge in [-0.25, -0.2) is 9.18 Å². The summed E-state index contributed by atoms with van der Waals surface area (Å²) in [7, 11) is 0. The molecular formula is C12H15FN2O2. The van der Waals surface area contributed by atoms with Crippen LogP contribution in [-0.4, -0.2) is 30.2 Å². The van der Waals surface area contributed by atoms with Gasteiger partial charge < -0.3 is 15.7 Å². The van der Waals surface area contributed by atoms with Crippen LogP contribution < -0.4 is 10.6 Å². The first kappa shape index (κ1) is 11.9. The van der Waals surface area contributed by atoms with Crippen molar-refractivity contribution in [1.82, 2.24) is 5.32 Å². The van der Waals surface area contributed by atoms with Crippen molar-refractivity contribution in [2.75, 3.05) is 18.4 Å². The molecule has 3 N–H and O–H groups in total. The Morgan fingerprint density at radius 1 is 1.53 bits per heavy atom. The number of anilines is 1. The quantitative estimate of drug-likeness (QED) is 0.750. The highest BCUT2D eigenvalue weighted by Crippen LogP contribution is 2.19. The molecule has 1 saturated heterocycles. The largest absolute Gasteiger partial charge is 0.478 e. The second-order valence-corrected chi connectivity index (χ2v) is 4.19. The van der Waals surface area contributed by atoms with E-state index in [4.69, 9.17) is 5.11 Å². The van der Waals surface area contributed by atoms with Crippen molar-refractivity contribution in [2.24, 2.45) is 0 Å². The Bertz CT molecular complexity index is 417. The maximum Gasteiger partial charge on any atom is 0.335 e. The summed E-state index contributed by atoms with van der Waals surface area (Å²) in [4.78, 5) is 10.8. The number of carboxylic acid groups (broad SMARTS) is 1.